The summed E-state index contributed by atoms with van der Waals surface area (Å²) in [5.41, 5.74) is 0. The Morgan fingerprint density at radius 3 is 2.55 bits per heavy atom. The lowest BCUT2D eigenvalue weighted by Crippen LogP contribution is -2.46. The first-order valence-corrected chi connectivity index (χ1v) is 7.42. The Labute approximate surface area is 119 Å². The van der Waals surface area contributed by atoms with E-state index in [2.05, 4.69) is 5.32 Å². The number of carbonyl (C=O) groups excluding carboxylic acids is 1. The highest BCUT2D eigenvalue weighted by molar-refractivity contribution is 5.74. The Balaban J connectivity index is 1.68. The van der Waals surface area contributed by atoms with Crippen molar-refractivity contribution in [1.29, 1.82) is 0 Å². The van der Waals surface area contributed by atoms with Crippen molar-refractivity contribution in [3.05, 3.63) is 0 Å². The third kappa shape index (κ3) is 4.10. The normalized spacial score (nSPS) is 27.6. The van der Waals surface area contributed by atoms with E-state index >= 15 is 0 Å². The van der Waals surface area contributed by atoms with E-state index in [0.717, 1.165) is 25.9 Å². The van der Waals surface area contributed by atoms with Gasteiger partial charge >= 0.3 is 12.0 Å². The number of hydrogen-bond acceptors (Lipinski definition) is 3. The zero-order valence-corrected chi connectivity index (χ0v) is 12.0. The standard InChI is InChI=1S/C14H24N2O4/c1-10-12(4-7-20-10)9-15-14(19)16-5-2-11(3-6-16)8-13(17)18/h10-12H,2-9H2,1H3,(H,15,19)(H,17,18). The van der Waals surface area contributed by atoms with Crippen LogP contribution in [0, 0.1) is 11.8 Å². The molecule has 114 valence electrons. The summed E-state index contributed by atoms with van der Waals surface area (Å²) in [6.45, 7) is 4.79. The Bertz CT molecular complexity index is 353. The van der Waals surface area contributed by atoms with Gasteiger partial charge in [0.1, 0.15) is 0 Å². The first-order valence-electron chi connectivity index (χ1n) is 7.42. The van der Waals surface area contributed by atoms with Gasteiger partial charge in [0, 0.05) is 38.6 Å². The summed E-state index contributed by atoms with van der Waals surface area (Å²) in [6, 6.07) is -0.0297. The Morgan fingerprint density at radius 2 is 2.00 bits per heavy atom. The number of likely N-dealkylation sites (tertiary alicyclic amines) is 1. The summed E-state index contributed by atoms with van der Waals surface area (Å²) >= 11 is 0. The van der Waals surface area contributed by atoms with Crippen LogP contribution in [0.15, 0.2) is 0 Å². The van der Waals surface area contributed by atoms with Gasteiger partial charge in [-0.15, -0.1) is 0 Å². The van der Waals surface area contributed by atoms with Gasteiger partial charge in [-0.3, -0.25) is 4.79 Å². The molecule has 2 heterocycles. The molecule has 0 spiro atoms. The second kappa shape index (κ2) is 6.92. The number of hydrogen-bond donors (Lipinski definition) is 2. The minimum atomic E-state index is -0.747. The summed E-state index contributed by atoms with van der Waals surface area (Å²) in [7, 11) is 0. The topological polar surface area (TPSA) is 78.9 Å². The number of amides is 2. The maximum atomic E-state index is 12.0. The first kappa shape index (κ1) is 15.1. The van der Waals surface area contributed by atoms with Crippen LogP contribution in [-0.4, -0.2) is 54.4 Å². The van der Waals surface area contributed by atoms with Crippen LogP contribution in [0.3, 0.4) is 0 Å². The number of aliphatic carboxylic acids is 1. The lowest BCUT2D eigenvalue weighted by atomic mass is 9.94. The monoisotopic (exact) mass is 284 g/mol. The largest absolute Gasteiger partial charge is 0.481 e. The van der Waals surface area contributed by atoms with Crippen molar-refractivity contribution in [2.75, 3.05) is 26.2 Å². The van der Waals surface area contributed by atoms with Crippen molar-refractivity contribution in [1.82, 2.24) is 10.2 Å². The van der Waals surface area contributed by atoms with Crippen LogP contribution in [0.1, 0.15) is 32.6 Å². The molecule has 0 aromatic rings. The van der Waals surface area contributed by atoms with Crippen molar-refractivity contribution >= 4 is 12.0 Å². The smallest absolute Gasteiger partial charge is 0.317 e. The van der Waals surface area contributed by atoms with Crippen molar-refractivity contribution < 1.29 is 19.4 Å². The number of nitrogens with one attached hydrogen (secondary N) is 1. The Hall–Kier alpha value is -1.30. The SMILES string of the molecule is CC1OCCC1CNC(=O)N1CCC(CC(=O)O)CC1. The number of carboxylic acids is 1. The number of rotatable bonds is 4. The Kier molecular flexibility index (Phi) is 5.23. The molecule has 6 nitrogen and oxygen atoms in total. The van der Waals surface area contributed by atoms with Gasteiger partial charge in [-0.25, -0.2) is 4.79 Å². The summed E-state index contributed by atoms with van der Waals surface area (Å²) in [4.78, 5) is 24.5. The highest BCUT2D eigenvalue weighted by Crippen LogP contribution is 2.21. The molecule has 2 aliphatic rings. The molecule has 0 bridgehead atoms. The van der Waals surface area contributed by atoms with Gasteiger partial charge < -0.3 is 20.1 Å². The second-order valence-corrected chi connectivity index (χ2v) is 5.84. The fraction of sp³-hybridized carbons (Fsp3) is 0.857. The van der Waals surface area contributed by atoms with Crippen LogP contribution in [0.25, 0.3) is 0 Å². The van der Waals surface area contributed by atoms with Gasteiger partial charge in [0.15, 0.2) is 0 Å². The average Bonchev–Trinajstić information content (AvgIpc) is 2.82. The quantitative estimate of drug-likeness (QED) is 0.816. The van der Waals surface area contributed by atoms with E-state index in [1.165, 1.54) is 0 Å². The summed E-state index contributed by atoms with van der Waals surface area (Å²) in [5, 5.41) is 11.7. The third-order valence-electron chi connectivity index (χ3n) is 4.41. The van der Waals surface area contributed by atoms with E-state index in [0.29, 0.717) is 25.6 Å². The van der Waals surface area contributed by atoms with Crippen molar-refractivity contribution in [3.8, 4) is 0 Å². The lowest BCUT2D eigenvalue weighted by Gasteiger charge is -2.31. The molecule has 0 aromatic heterocycles. The summed E-state index contributed by atoms with van der Waals surface area (Å²) < 4.78 is 5.47. The zero-order chi connectivity index (χ0) is 14.5. The van der Waals surface area contributed by atoms with Gasteiger partial charge in [-0.2, -0.15) is 0 Å². The lowest BCUT2D eigenvalue weighted by molar-refractivity contribution is -0.138. The number of piperidine rings is 1. The fourth-order valence-corrected chi connectivity index (χ4v) is 2.96. The second-order valence-electron chi connectivity index (χ2n) is 5.84. The molecule has 0 saturated carbocycles. The van der Waals surface area contributed by atoms with E-state index in [4.69, 9.17) is 9.84 Å². The van der Waals surface area contributed by atoms with Gasteiger partial charge in [-0.1, -0.05) is 0 Å². The average molecular weight is 284 g/mol. The number of carbonyl (C=O) groups is 2. The molecule has 2 atom stereocenters. The van der Waals surface area contributed by atoms with Crippen LogP contribution in [-0.2, 0) is 9.53 Å². The molecule has 2 aliphatic heterocycles. The molecular weight excluding hydrogens is 260 g/mol. The number of carboxylic acid groups (broad SMARTS) is 1. The molecule has 2 saturated heterocycles. The van der Waals surface area contributed by atoms with Crippen LogP contribution in [0.5, 0.6) is 0 Å². The van der Waals surface area contributed by atoms with Gasteiger partial charge in [-0.05, 0) is 32.1 Å². The predicted molar refractivity (Wildman–Crippen MR) is 73.5 cm³/mol. The van der Waals surface area contributed by atoms with Gasteiger partial charge in [0.2, 0.25) is 0 Å². The van der Waals surface area contributed by atoms with E-state index in [1.807, 2.05) is 6.92 Å². The molecule has 0 aromatic carbocycles. The zero-order valence-electron chi connectivity index (χ0n) is 12.0. The van der Waals surface area contributed by atoms with E-state index in [-0.39, 0.29) is 24.5 Å². The molecule has 0 radical (unpaired) electrons. The van der Waals surface area contributed by atoms with Crippen LogP contribution >= 0.6 is 0 Å². The van der Waals surface area contributed by atoms with Crippen LogP contribution in [0.4, 0.5) is 4.79 Å². The molecule has 2 N–H and O–H groups in total. The highest BCUT2D eigenvalue weighted by Gasteiger charge is 2.27. The van der Waals surface area contributed by atoms with E-state index in [9.17, 15) is 9.59 Å². The van der Waals surface area contributed by atoms with Crippen molar-refractivity contribution in [2.24, 2.45) is 11.8 Å². The van der Waals surface area contributed by atoms with Gasteiger partial charge in [0.25, 0.3) is 0 Å². The Morgan fingerprint density at radius 1 is 1.30 bits per heavy atom. The van der Waals surface area contributed by atoms with Crippen molar-refractivity contribution in [2.45, 2.75) is 38.7 Å². The molecule has 20 heavy (non-hydrogen) atoms. The summed E-state index contributed by atoms with van der Waals surface area (Å²) in [6.07, 6.45) is 3.00. The molecule has 6 heteroatoms. The fourth-order valence-electron chi connectivity index (χ4n) is 2.96. The molecule has 2 fully saturated rings. The van der Waals surface area contributed by atoms with Crippen LogP contribution < -0.4 is 5.32 Å². The third-order valence-corrected chi connectivity index (χ3v) is 4.41. The number of urea groups is 1. The minimum Gasteiger partial charge on any atom is -0.481 e. The van der Waals surface area contributed by atoms with Gasteiger partial charge in [0.05, 0.1) is 6.10 Å². The number of ether oxygens (including phenoxy) is 1. The van der Waals surface area contributed by atoms with E-state index in [1.54, 1.807) is 4.90 Å². The molecule has 2 unspecified atom stereocenters. The highest BCUT2D eigenvalue weighted by atomic mass is 16.5. The minimum absolute atomic E-state index is 0.0297. The van der Waals surface area contributed by atoms with Crippen LogP contribution in [0.2, 0.25) is 0 Å². The molecule has 0 aliphatic carbocycles. The van der Waals surface area contributed by atoms with Crippen molar-refractivity contribution in [3.63, 3.8) is 0 Å². The maximum absolute atomic E-state index is 12.0. The molecular formula is C14H24N2O4. The maximum Gasteiger partial charge on any atom is 0.317 e. The number of nitrogens with zero attached hydrogens (tertiary/aromatic N) is 1. The molecule has 2 amide bonds. The first-order chi connectivity index (χ1) is 9.56. The van der Waals surface area contributed by atoms with E-state index < -0.39 is 5.97 Å². The molecule has 2 rings (SSSR count). The predicted octanol–water partition coefficient (Wildman–Crippen LogP) is 1.31. The summed E-state index contributed by atoms with van der Waals surface area (Å²) in [5.74, 6) is -0.133.